The molecule has 0 saturated heterocycles. The second-order valence-electron chi connectivity index (χ2n) is 5.45. The number of benzene rings is 1. The molecule has 0 spiro atoms. The summed E-state index contributed by atoms with van der Waals surface area (Å²) >= 11 is 0. The lowest BCUT2D eigenvalue weighted by atomic mass is 9.90. The normalized spacial score (nSPS) is 12.6. The summed E-state index contributed by atoms with van der Waals surface area (Å²) in [7, 11) is -2.18. The van der Waals surface area contributed by atoms with E-state index in [0.29, 0.717) is 13.0 Å². The van der Waals surface area contributed by atoms with Gasteiger partial charge in [0, 0.05) is 25.9 Å². The van der Waals surface area contributed by atoms with Crippen molar-refractivity contribution < 1.29 is 17.5 Å². The van der Waals surface area contributed by atoms with E-state index in [4.69, 9.17) is 10.5 Å². The summed E-state index contributed by atoms with van der Waals surface area (Å²) in [4.78, 5) is -0.169. The summed E-state index contributed by atoms with van der Waals surface area (Å²) < 4.78 is 44.9. The Morgan fingerprint density at radius 3 is 2.55 bits per heavy atom. The van der Waals surface area contributed by atoms with Crippen molar-refractivity contribution in [2.75, 3.05) is 26.0 Å². The van der Waals surface area contributed by atoms with Gasteiger partial charge in [0.25, 0.3) is 0 Å². The zero-order valence-electron chi connectivity index (χ0n) is 11.9. The molecule has 0 aliphatic rings. The standard InChI is InChI=1S/C13H21FN2O3S/c1-13(2,4-5-19-3)9-16-20(17,18)12-7-10(14)6-11(15)8-12/h6-8,16H,4-5,9,15H2,1-3H3. The van der Waals surface area contributed by atoms with Crippen molar-refractivity contribution >= 4 is 15.7 Å². The molecule has 0 radical (unpaired) electrons. The lowest BCUT2D eigenvalue weighted by molar-refractivity contribution is 0.153. The topological polar surface area (TPSA) is 81.4 Å². The number of rotatable bonds is 7. The monoisotopic (exact) mass is 304 g/mol. The van der Waals surface area contributed by atoms with Crippen LogP contribution in [-0.4, -0.2) is 28.7 Å². The summed E-state index contributed by atoms with van der Waals surface area (Å²) in [5, 5.41) is 0. The van der Waals surface area contributed by atoms with Gasteiger partial charge in [0.15, 0.2) is 0 Å². The first-order valence-electron chi connectivity index (χ1n) is 6.21. The summed E-state index contributed by atoms with van der Waals surface area (Å²) in [5.74, 6) is -0.677. The van der Waals surface area contributed by atoms with E-state index in [1.165, 1.54) is 6.07 Å². The van der Waals surface area contributed by atoms with Crippen LogP contribution >= 0.6 is 0 Å². The van der Waals surface area contributed by atoms with E-state index in [0.717, 1.165) is 12.1 Å². The Morgan fingerprint density at radius 2 is 2.00 bits per heavy atom. The molecule has 20 heavy (non-hydrogen) atoms. The number of hydrogen-bond donors (Lipinski definition) is 2. The molecule has 7 heteroatoms. The van der Waals surface area contributed by atoms with Gasteiger partial charge >= 0.3 is 0 Å². The van der Waals surface area contributed by atoms with Gasteiger partial charge in [0.05, 0.1) is 4.90 Å². The van der Waals surface area contributed by atoms with E-state index in [1.54, 1.807) is 7.11 Å². The number of hydrogen-bond acceptors (Lipinski definition) is 4. The third-order valence-corrected chi connectivity index (χ3v) is 4.31. The fourth-order valence-corrected chi connectivity index (χ4v) is 2.89. The Morgan fingerprint density at radius 1 is 1.35 bits per heavy atom. The van der Waals surface area contributed by atoms with Gasteiger partial charge < -0.3 is 10.5 Å². The van der Waals surface area contributed by atoms with Crippen LogP contribution in [0.4, 0.5) is 10.1 Å². The molecule has 1 aromatic rings. The fourth-order valence-electron chi connectivity index (χ4n) is 1.58. The third kappa shape index (κ3) is 5.07. The van der Waals surface area contributed by atoms with Crippen LogP contribution in [0.3, 0.4) is 0 Å². The number of anilines is 1. The van der Waals surface area contributed by atoms with E-state index in [1.807, 2.05) is 13.8 Å². The molecule has 1 aromatic carbocycles. The van der Waals surface area contributed by atoms with Gasteiger partial charge in [-0.15, -0.1) is 0 Å². The van der Waals surface area contributed by atoms with Crippen LogP contribution in [0.15, 0.2) is 23.1 Å². The molecule has 0 aliphatic heterocycles. The Bertz CT molecular complexity index is 538. The van der Waals surface area contributed by atoms with Crippen LogP contribution in [0, 0.1) is 11.2 Å². The maximum Gasteiger partial charge on any atom is 0.240 e. The molecule has 0 saturated carbocycles. The second-order valence-corrected chi connectivity index (χ2v) is 7.22. The highest BCUT2D eigenvalue weighted by atomic mass is 32.2. The predicted octanol–water partition coefficient (Wildman–Crippen LogP) is 1.75. The molecule has 0 fully saturated rings. The highest BCUT2D eigenvalue weighted by Crippen LogP contribution is 2.21. The first-order chi connectivity index (χ1) is 9.16. The van der Waals surface area contributed by atoms with E-state index in [-0.39, 0.29) is 22.5 Å². The molecule has 0 aliphatic carbocycles. The first kappa shape index (κ1) is 16.9. The Balaban J connectivity index is 2.80. The van der Waals surface area contributed by atoms with Crippen LogP contribution < -0.4 is 10.5 Å². The molecule has 0 aromatic heterocycles. The van der Waals surface area contributed by atoms with Gasteiger partial charge in [-0.1, -0.05) is 13.8 Å². The van der Waals surface area contributed by atoms with Crippen molar-refractivity contribution in [3.63, 3.8) is 0 Å². The van der Waals surface area contributed by atoms with E-state index >= 15 is 0 Å². The molecule has 1 rings (SSSR count). The number of nitrogens with two attached hydrogens (primary N) is 1. The zero-order chi connectivity index (χ0) is 15.4. The quantitative estimate of drug-likeness (QED) is 0.752. The Kier molecular flexibility index (Phi) is 5.50. The minimum atomic E-state index is -3.77. The number of nitrogens with one attached hydrogen (secondary N) is 1. The van der Waals surface area contributed by atoms with Gasteiger partial charge in [-0.25, -0.2) is 17.5 Å². The molecular weight excluding hydrogens is 283 g/mol. The van der Waals surface area contributed by atoms with Gasteiger partial charge in [-0.05, 0) is 30.0 Å². The maximum absolute atomic E-state index is 13.2. The van der Waals surface area contributed by atoms with Gasteiger partial charge in [0.1, 0.15) is 5.82 Å². The average molecular weight is 304 g/mol. The van der Waals surface area contributed by atoms with Crippen LogP contribution in [0.1, 0.15) is 20.3 Å². The summed E-state index contributed by atoms with van der Waals surface area (Å²) in [6.07, 6.45) is 0.706. The lowest BCUT2D eigenvalue weighted by Gasteiger charge is -2.24. The lowest BCUT2D eigenvalue weighted by Crippen LogP contribution is -2.34. The number of sulfonamides is 1. The first-order valence-corrected chi connectivity index (χ1v) is 7.69. The molecule has 0 unspecified atom stereocenters. The Hall–Kier alpha value is -1.18. The van der Waals surface area contributed by atoms with Crippen LogP contribution in [0.5, 0.6) is 0 Å². The van der Waals surface area contributed by atoms with Crippen LogP contribution in [0.25, 0.3) is 0 Å². The van der Waals surface area contributed by atoms with Crippen LogP contribution in [0.2, 0.25) is 0 Å². The van der Waals surface area contributed by atoms with Crippen molar-refractivity contribution in [1.82, 2.24) is 4.72 Å². The molecular formula is C13H21FN2O3S. The second kappa shape index (κ2) is 6.51. The zero-order valence-corrected chi connectivity index (χ0v) is 12.8. The van der Waals surface area contributed by atoms with Crippen molar-refractivity contribution in [3.8, 4) is 0 Å². The number of methoxy groups -OCH3 is 1. The summed E-state index contributed by atoms with van der Waals surface area (Å²) in [6.45, 7) is 4.62. The minimum Gasteiger partial charge on any atom is -0.399 e. The number of nitrogen functional groups attached to an aromatic ring is 1. The highest BCUT2D eigenvalue weighted by Gasteiger charge is 2.22. The summed E-state index contributed by atoms with van der Waals surface area (Å²) in [6, 6.07) is 3.25. The molecule has 0 heterocycles. The molecule has 3 N–H and O–H groups in total. The molecule has 114 valence electrons. The smallest absolute Gasteiger partial charge is 0.240 e. The van der Waals surface area contributed by atoms with E-state index in [9.17, 15) is 12.8 Å². The SMILES string of the molecule is COCCC(C)(C)CNS(=O)(=O)c1cc(N)cc(F)c1. The van der Waals surface area contributed by atoms with Gasteiger partial charge in [-0.3, -0.25) is 0 Å². The average Bonchev–Trinajstić information content (AvgIpc) is 2.33. The largest absolute Gasteiger partial charge is 0.399 e. The highest BCUT2D eigenvalue weighted by molar-refractivity contribution is 7.89. The van der Waals surface area contributed by atoms with Gasteiger partial charge in [0.2, 0.25) is 10.0 Å². The van der Waals surface area contributed by atoms with E-state index in [2.05, 4.69) is 4.72 Å². The van der Waals surface area contributed by atoms with Crippen molar-refractivity contribution in [2.45, 2.75) is 25.2 Å². The van der Waals surface area contributed by atoms with Gasteiger partial charge in [-0.2, -0.15) is 0 Å². The number of ether oxygens (including phenoxy) is 1. The van der Waals surface area contributed by atoms with Crippen molar-refractivity contribution in [2.24, 2.45) is 5.41 Å². The van der Waals surface area contributed by atoms with Crippen molar-refractivity contribution in [1.29, 1.82) is 0 Å². The van der Waals surface area contributed by atoms with Crippen molar-refractivity contribution in [3.05, 3.63) is 24.0 Å². The van der Waals surface area contributed by atoms with E-state index < -0.39 is 15.8 Å². The molecule has 0 amide bonds. The third-order valence-electron chi connectivity index (χ3n) is 2.93. The maximum atomic E-state index is 13.2. The molecule has 5 nitrogen and oxygen atoms in total. The molecule has 0 bridgehead atoms. The molecule has 0 atom stereocenters. The predicted molar refractivity (Wildman–Crippen MR) is 76.3 cm³/mol. The van der Waals surface area contributed by atoms with Crippen LogP contribution in [-0.2, 0) is 14.8 Å². The number of halogens is 1. The fraction of sp³-hybridized carbons (Fsp3) is 0.538. The Labute approximate surface area is 119 Å². The minimum absolute atomic E-state index is 0.0732. The summed E-state index contributed by atoms with van der Waals surface area (Å²) in [5.41, 5.74) is 5.27.